The fraction of sp³-hybridized carbons (Fsp3) is 0.786. The van der Waals surface area contributed by atoms with Gasteiger partial charge in [0.1, 0.15) is 0 Å². The predicted molar refractivity (Wildman–Crippen MR) is 79.5 cm³/mol. The molecule has 0 saturated heterocycles. The molecule has 18 heavy (non-hydrogen) atoms. The van der Waals surface area contributed by atoms with Crippen LogP contribution in [0.25, 0.3) is 0 Å². The largest absolute Gasteiger partial charge is 0.345 e. The Morgan fingerprint density at radius 3 is 2.56 bits per heavy atom. The van der Waals surface area contributed by atoms with E-state index in [0.717, 1.165) is 19.1 Å². The number of aromatic nitrogens is 1. The summed E-state index contributed by atoms with van der Waals surface area (Å²) in [5.41, 5.74) is 1.35. The van der Waals surface area contributed by atoms with Gasteiger partial charge in [0, 0.05) is 29.5 Å². The molecular weight excluding hydrogens is 242 g/mol. The standard InChI is InChI=1S/C14H25N3S/c1-6-17(11-7-8-11)13-16-10(2)12(18-13)9-15-14(3,4)5/h11,15H,6-9H2,1-5H3. The minimum atomic E-state index is 0.164. The zero-order valence-corrected chi connectivity index (χ0v) is 13.0. The summed E-state index contributed by atoms with van der Waals surface area (Å²) in [6.07, 6.45) is 2.67. The number of nitrogens with zero attached hydrogens (tertiary/aromatic N) is 2. The van der Waals surface area contributed by atoms with Crippen LogP contribution in [0.15, 0.2) is 0 Å². The van der Waals surface area contributed by atoms with Gasteiger partial charge in [-0.3, -0.25) is 0 Å². The van der Waals surface area contributed by atoms with Crippen molar-refractivity contribution in [3.8, 4) is 0 Å². The molecule has 102 valence electrons. The van der Waals surface area contributed by atoms with E-state index in [-0.39, 0.29) is 5.54 Å². The third-order valence-electron chi connectivity index (χ3n) is 3.23. The maximum atomic E-state index is 4.75. The quantitative estimate of drug-likeness (QED) is 0.887. The Balaban J connectivity index is 2.06. The molecule has 0 bridgehead atoms. The lowest BCUT2D eigenvalue weighted by Crippen LogP contribution is -2.34. The van der Waals surface area contributed by atoms with Crippen LogP contribution in [-0.4, -0.2) is 23.1 Å². The number of hydrogen-bond donors (Lipinski definition) is 1. The van der Waals surface area contributed by atoms with E-state index >= 15 is 0 Å². The zero-order valence-electron chi connectivity index (χ0n) is 12.2. The lowest BCUT2D eigenvalue weighted by Gasteiger charge is -2.20. The van der Waals surface area contributed by atoms with Gasteiger partial charge in [0.15, 0.2) is 5.13 Å². The number of thiazole rings is 1. The highest BCUT2D eigenvalue weighted by Gasteiger charge is 2.30. The molecule has 1 N–H and O–H groups in total. The molecule has 4 heteroatoms. The molecule has 0 radical (unpaired) electrons. The van der Waals surface area contributed by atoms with E-state index in [2.05, 4.69) is 44.8 Å². The summed E-state index contributed by atoms with van der Waals surface area (Å²) < 4.78 is 0. The molecule has 1 heterocycles. The van der Waals surface area contributed by atoms with Crippen molar-refractivity contribution in [2.24, 2.45) is 0 Å². The molecule has 0 atom stereocenters. The minimum Gasteiger partial charge on any atom is -0.345 e. The van der Waals surface area contributed by atoms with E-state index in [0.29, 0.717) is 0 Å². The smallest absolute Gasteiger partial charge is 0.186 e. The summed E-state index contributed by atoms with van der Waals surface area (Å²) in [7, 11) is 0. The first-order valence-corrected chi connectivity index (χ1v) is 7.70. The lowest BCUT2D eigenvalue weighted by atomic mass is 10.1. The molecule has 0 spiro atoms. The van der Waals surface area contributed by atoms with E-state index in [4.69, 9.17) is 4.98 Å². The third-order valence-corrected chi connectivity index (χ3v) is 4.43. The van der Waals surface area contributed by atoms with Gasteiger partial charge < -0.3 is 10.2 Å². The normalized spacial score (nSPS) is 16.1. The molecule has 0 aromatic carbocycles. The van der Waals surface area contributed by atoms with Crippen LogP contribution in [0.5, 0.6) is 0 Å². The molecule has 0 amide bonds. The van der Waals surface area contributed by atoms with E-state index < -0.39 is 0 Å². The molecule has 1 saturated carbocycles. The summed E-state index contributed by atoms with van der Waals surface area (Å²) >= 11 is 1.85. The van der Waals surface area contributed by atoms with Crippen LogP contribution in [-0.2, 0) is 6.54 Å². The average Bonchev–Trinajstić information content (AvgIpc) is 3.01. The van der Waals surface area contributed by atoms with E-state index in [1.54, 1.807) is 0 Å². The van der Waals surface area contributed by atoms with Crippen molar-refractivity contribution in [2.75, 3.05) is 11.4 Å². The zero-order chi connectivity index (χ0) is 13.3. The van der Waals surface area contributed by atoms with Gasteiger partial charge in [-0.1, -0.05) is 0 Å². The van der Waals surface area contributed by atoms with Crippen LogP contribution < -0.4 is 10.2 Å². The van der Waals surface area contributed by atoms with Gasteiger partial charge in [-0.15, -0.1) is 11.3 Å². The lowest BCUT2D eigenvalue weighted by molar-refractivity contribution is 0.425. The van der Waals surface area contributed by atoms with Crippen LogP contribution >= 0.6 is 11.3 Å². The Labute approximate surface area is 115 Å². The number of anilines is 1. The van der Waals surface area contributed by atoms with Crippen molar-refractivity contribution in [3.63, 3.8) is 0 Å². The molecule has 1 fully saturated rings. The summed E-state index contributed by atoms with van der Waals surface area (Å²) in [6, 6.07) is 0.754. The van der Waals surface area contributed by atoms with Crippen molar-refractivity contribution in [1.29, 1.82) is 0 Å². The first-order valence-electron chi connectivity index (χ1n) is 6.88. The number of rotatable bonds is 5. The van der Waals surface area contributed by atoms with Gasteiger partial charge in [0.2, 0.25) is 0 Å². The summed E-state index contributed by atoms with van der Waals surface area (Å²) in [5.74, 6) is 0. The van der Waals surface area contributed by atoms with Crippen LogP contribution in [0.1, 0.15) is 51.1 Å². The number of nitrogens with one attached hydrogen (secondary N) is 1. The first-order chi connectivity index (χ1) is 8.40. The van der Waals surface area contributed by atoms with E-state index in [1.807, 2.05) is 11.3 Å². The average molecular weight is 267 g/mol. The van der Waals surface area contributed by atoms with Gasteiger partial charge in [-0.2, -0.15) is 0 Å². The second-order valence-electron chi connectivity index (χ2n) is 6.13. The Morgan fingerprint density at radius 1 is 1.39 bits per heavy atom. The molecule has 0 unspecified atom stereocenters. The van der Waals surface area contributed by atoms with Gasteiger partial charge >= 0.3 is 0 Å². The maximum absolute atomic E-state index is 4.75. The molecule has 1 aromatic rings. The SMILES string of the molecule is CCN(c1nc(C)c(CNC(C)(C)C)s1)C1CC1. The highest BCUT2D eigenvalue weighted by Crippen LogP contribution is 2.35. The maximum Gasteiger partial charge on any atom is 0.186 e. The molecule has 0 aliphatic heterocycles. The molecule has 1 aliphatic carbocycles. The minimum absolute atomic E-state index is 0.164. The van der Waals surface area contributed by atoms with Gasteiger partial charge in [-0.25, -0.2) is 4.98 Å². The van der Waals surface area contributed by atoms with Crippen LogP contribution in [0.4, 0.5) is 5.13 Å². The molecule has 2 rings (SSSR count). The first kappa shape index (κ1) is 13.8. The van der Waals surface area contributed by atoms with Crippen molar-refractivity contribution in [3.05, 3.63) is 10.6 Å². The monoisotopic (exact) mass is 267 g/mol. The Bertz CT molecular complexity index is 402. The molecule has 1 aliphatic rings. The van der Waals surface area contributed by atoms with Crippen molar-refractivity contribution in [2.45, 2.75) is 65.6 Å². The summed E-state index contributed by atoms with van der Waals surface area (Å²) in [4.78, 5) is 8.58. The van der Waals surface area contributed by atoms with Crippen molar-refractivity contribution in [1.82, 2.24) is 10.3 Å². The van der Waals surface area contributed by atoms with E-state index in [1.165, 1.54) is 28.5 Å². The third kappa shape index (κ3) is 3.45. The second kappa shape index (κ2) is 5.17. The highest BCUT2D eigenvalue weighted by atomic mass is 32.1. The van der Waals surface area contributed by atoms with Crippen LogP contribution in [0, 0.1) is 6.92 Å². The van der Waals surface area contributed by atoms with Gasteiger partial charge in [0.05, 0.1) is 5.69 Å². The predicted octanol–water partition coefficient (Wildman–Crippen LogP) is 3.33. The Morgan fingerprint density at radius 2 is 2.06 bits per heavy atom. The van der Waals surface area contributed by atoms with E-state index in [9.17, 15) is 0 Å². The Kier molecular flexibility index (Phi) is 3.97. The topological polar surface area (TPSA) is 28.2 Å². The fourth-order valence-corrected chi connectivity index (χ4v) is 3.12. The highest BCUT2D eigenvalue weighted by molar-refractivity contribution is 7.15. The van der Waals surface area contributed by atoms with Crippen molar-refractivity contribution >= 4 is 16.5 Å². The molecule has 3 nitrogen and oxygen atoms in total. The number of aryl methyl sites for hydroxylation is 1. The summed E-state index contributed by atoms with van der Waals surface area (Å²) in [6.45, 7) is 13.0. The van der Waals surface area contributed by atoms with Gasteiger partial charge in [0.25, 0.3) is 0 Å². The summed E-state index contributed by atoms with van der Waals surface area (Å²) in [5, 5.41) is 4.76. The van der Waals surface area contributed by atoms with Crippen molar-refractivity contribution < 1.29 is 0 Å². The number of hydrogen-bond acceptors (Lipinski definition) is 4. The second-order valence-corrected chi connectivity index (χ2v) is 7.19. The van der Waals surface area contributed by atoms with Crippen LogP contribution in [0.2, 0.25) is 0 Å². The fourth-order valence-electron chi connectivity index (χ4n) is 1.98. The van der Waals surface area contributed by atoms with Crippen LogP contribution in [0.3, 0.4) is 0 Å². The molecule has 1 aromatic heterocycles. The van der Waals surface area contributed by atoms with Gasteiger partial charge in [-0.05, 0) is 47.5 Å². The molecular formula is C14H25N3S. The Hall–Kier alpha value is -0.610.